The number of imidazole rings is 1. The van der Waals surface area contributed by atoms with E-state index in [1.165, 1.54) is 24.5 Å². The number of pyridine rings is 1. The summed E-state index contributed by atoms with van der Waals surface area (Å²) in [5, 5.41) is 6.98. The molecule has 0 radical (unpaired) electrons. The zero-order valence-electron chi connectivity index (χ0n) is 16.8. The molecule has 158 valence electrons. The van der Waals surface area contributed by atoms with Crippen LogP contribution in [0.25, 0.3) is 11.0 Å². The summed E-state index contributed by atoms with van der Waals surface area (Å²) in [6.45, 7) is 3.49. The summed E-state index contributed by atoms with van der Waals surface area (Å²) in [4.78, 5) is 26.6. The number of hydrogen-bond donors (Lipinski definition) is 2. The van der Waals surface area contributed by atoms with Gasteiger partial charge >= 0.3 is 0 Å². The third-order valence-electron chi connectivity index (χ3n) is 5.44. The molecule has 3 aromatic heterocycles. The quantitative estimate of drug-likeness (QED) is 0.480. The molecule has 1 aromatic carbocycles. The molecule has 1 amide bonds. The monoisotopic (exact) mass is 419 g/mol. The van der Waals surface area contributed by atoms with Crippen molar-refractivity contribution >= 4 is 16.9 Å². The Bertz CT molecular complexity index is 1180. The summed E-state index contributed by atoms with van der Waals surface area (Å²) in [5.41, 5.74) is 2.71. The Morgan fingerprint density at radius 3 is 2.94 bits per heavy atom. The van der Waals surface area contributed by atoms with Crippen molar-refractivity contribution in [3.05, 3.63) is 77.9 Å². The molecule has 0 bridgehead atoms. The van der Waals surface area contributed by atoms with Gasteiger partial charge in [-0.1, -0.05) is 12.1 Å². The molecule has 1 aliphatic rings. The Balaban J connectivity index is 1.10. The van der Waals surface area contributed by atoms with Gasteiger partial charge in [-0.25, -0.2) is 9.37 Å². The van der Waals surface area contributed by atoms with Gasteiger partial charge in [0.1, 0.15) is 11.6 Å². The van der Waals surface area contributed by atoms with Crippen LogP contribution < -0.4 is 5.32 Å². The number of fused-ring (bicyclic) bond motifs is 1. The third kappa shape index (κ3) is 4.31. The number of halogens is 1. The predicted octanol–water partition coefficient (Wildman–Crippen LogP) is 2.36. The number of hydrogen-bond acceptors (Lipinski definition) is 5. The molecule has 2 N–H and O–H groups in total. The van der Waals surface area contributed by atoms with Gasteiger partial charge in [-0.05, 0) is 24.3 Å². The molecular formula is C22H22FN7O. The predicted molar refractivity (Wildman–Crippen MR) is 112 cm³/mol. The van der Waals surface area contributed by atoms with E-state index in [4.69, 9.17) is 0 Å². The van der Waals surface area contributed by atoms with E-state index in [0.29, 0.717) is 11.5 Å². The van der Waals surface area contributed by atoms with E-state index in [1.807, 2.05) is 24.3 Å². The Morgan fingerprint density at radius 1 is 1.23 bits per heavy atom. The van der Waals surface area contributed by atoms with Gasteiger partial charge in [-0.2, -0.15) is 5.10 Å². The first-order valence-electron chi connectivity index (χ1n) is 10.2. The van der Waals surface area contributed by atoms with Crippen LogP contribution in [0.4, 0.5) is 4.39 Å². The number of likely N-dealkylation sites (tertiary alicyclic amines) is 1. The van der Waals surface area contributed by atoms with Crippen molar-refractivity contribution in [2.75, 3.05) is 13.1 Å². The summed E-state index contributed by atoms with van der Waals surface area (Å²) in [6.07, 6.45) is 4.76. The van der Waals surface area contributed by atoms with E-state index in [2.05, 4.69) is 30.3 Å². The van der Waals surface area contributed by atoms with Crippen LogP contribution in [-0.4, -0.2) is 48.6 Å². The average Bonchev–Trinajstić information content (AvgIpc) is 3.38. The molecule has 9 heteroatoms. The van der Waals surface area contributed by atoms with Crippen LogP contribution in [0.15, 0.2) is 55.0 Å². The Kier molecular flexibility index (Phi) is 5.17. The maximum Gasteiger partial charge on any atom is 0.254 e. The maximum atomic E-state index is 13.6. The number of H-pyrrole nitrogens is 1. The molecule has 0 spiro atoms. The van der Waals surface area contributed by atoms with Crippen molar-refractivity contribution in [2.45, 2.75) is 19.6 Å². The number of benzene rings is 1. The lowest BCUT2D eigenvalue weighted by Crippen LogP contribution is -2.47. The maximum absolute atomic E-state index is 13.6. The standard InChI is InChI=1S/C22H22FN7O/c23-17-4-3-7-24-20(17)9-25-22(31)16-8-26-30(13-16)12-15-10-29(11-15)14-21-27-18-5-1-2-6-19(18)28-21/h1-8,13,15H,9-12,14H2,(H,25,31)(H,27,28). The van der Waals surface area contributed by atoms with Crippen LogP contribution in [0.1, 0.15) is 21.9 Å². The minimum absolute atomic E-state index is 0.0378. The minimum Gasteiger partial charge on any atom is -0.346 e. The number of aromatic amines is 1. The summed E-state index contributed by atoms with van der Waals surface area (Å²) in [7, 11) is 0. The van der Waals surface area contributed by atoms with Crippen LogP contribution in [0.2, 0.25) is 0 Å². The number of rotatable bonds is 7. The highest BCUT2D eigenvalue weighted by molar-refractivity contribution is 5.93. The molecule has 0 saturated carbocycles. The minimum atomic E-state index is -0.435. The zero-order chi connectivity index (χ0) is 21.2. The normalized spacial score (nSPS) is 14.6. The molecule has 4 aromatic rings. The Morgan fingerprint density at radius 2 is 2.10 bits per heavy atom. The van der Waals surface area contributed by atoms with Crippen LogP contribution in [0.5, 0.6) is 0 Å². The Labute approximate surface area is 178 Å². The first-order chi connectivity index (χ1) is 15.1. The average molecular weight is 419 g/mol. The third-order valence-corrected chi connectivity index (χ3v) is 5.44. The van der Waals surface area contributed by atoms with E-state index in [0.717, 1.165) is 43.0 Å². The second-order valence-corrected chi connectivity index (χ2v) is 7.83. The fraction of sp³-hybridized carbons (Fsp3) is 0.273. The van der Waals surface area contributed by atoms with E-state index >= 15 is 0 Å². The van der Waals surface area contributed by atoms with Crippen molar-refractivity contribution in [3.63, 3.8) is 0 Å². The summed E-state index contributed by atoms with van der Waals surface area (Å²) < 4.78 is 15.4. The highest BCUT2D eigenvalue weighted by atomic mass is 19.1. The molecule has 5 rings (SSSR count). The van der Waals surface area contributed by atoms with Crippen LogP contribution in [0, 0.1) is 11.7 Å². The van der Waals surface area contributed by atoms with Crippen molar-refractivity contribution in [2.24, 2.45) is 5.92 Å². The lowest BCUT2D eigenvalue weighted by molar-refractivity contribution is 0.0754. The number of aromatic nitrogens is 5. The van der Waals surface area contributed by atoms with Gasteiger partial charge in [0.05, 0.1) is 41.6 Å². The van der Waals surface area contributed by atoms with Gasteiger partial charge < -0.3 is 10.3 Å². The highest BCUT2D eigenvalue weighted by Crippen LogP contribution is 2.20. The number of para-hydroxylation sites is 2. The van der Waals surface area contributed by atoms with Gasteiger partial charge in [0.15, 0.2) is 0 Å². The number of nitrogens with zero attached hydrogens (tertiary/aromatic N) is 5. The molecule has 4 heterocycles. The molecule has 8 nitrogen and oxygen atoms in total. The molecule has 0 aliphatic carbocycles. The smallest absolute Gasteiger partial charge is 0.254 e. The van der Waals surface area contributed by atoms with Gasteiger partial charge in [0, 0.05) is 37.9 Å². The molecule has 1 saturated heterocycles. The second kappa shape index (κ2) is 8.27. The highest BCUT2D eigenvalue weighted by Gasteiger charge is 2.28. The lowest BCUT2D eigenvalue weighted by Gasteiger charge is -2.38. The summed E-state index contributed by atoms with van der Waals surface area (Å²) in [6, 6.07) is 10.9. The topological polar surface area (TPSA) is 91.7 Å². The van der Waals surface area contributed by atoms with Crippen molar-refractivity contribution in [1.29, 1.82) is 0 Å². The lowest BCUT2D eigenvalue weighted by atomic mass is 10.0. The largest absolute Gasteiger partial charge is 0.346 e. The molecular weight excluding hydrogens is 397 g/mol. The summed E-state index contributed by atoms with van der Waals surface area (Å²) >= 11 is 0. The van der Waals surface area contributed by atoms with Crippen LogP contribution in [0.3, 0.4) is 0 Å². The fourth-order valence-corrected chi connectivity index (χ4v) is 3.87. The van der Waals surface area contributed by atoms with Crippen molar-refractivity contribution in [3.8, 4) is 0 Å². The first kappa shape index (κ1) is 19.4. The number of carbonyl (C=O) groups is 1. The SMILES string of the molecule is O=C(NCc1ncccc1F)c1cnn(CC2CN(Cc3nc4ccccc4[nH]3)C2)c1. The molecule has 31 heavy (non-hydrogen) atoms. The molecule has 0 unspecified atom stereocenters. The first-order valence-corrected chi connectivity index (χ1v) is 10.2. The van der Waals surface area contributed by atoms with Gasteiger partial charge in [0.25, 0.3) is 5.91 Å². The van der Waals surface area contributed by atoms with Crippen molar-refractivity contribution < 1.29 is 9.18 Å². The van der Waals surface area contributed by atoms with E-state index in [9.17, 15) is 9.18 Å². The van der Waals surface area contributed by atoms with Crippen LogP contribution in [-0.2, 0) is 19.6 Å². The summed E-state index contributed by atoms with van der Waals surface area (Å²) in [5.74, 6) is 0.719. The van der Waals surface area contributed by atoms with Crippen LogP contribution >= 0.6 is 0 Å². The fourth-order valence-electron chi connectivity index (χ4n) is 3.87. The molecule has 0 atom stereocenters. The number of nitrogens with one attached hydrogen (secondary N) is 2. The molecule has 1 aliphatic heterocycles. The van der Waals surface area contributed by atoms with Gasteiger partial charge in [-0.15, -0.1) is 0 Å². The van der Waals surface area contributed by atoms with Crippen molar-refractivity contribution in [1.82, 2.24) is 34.9 Å². The van der Waals surface area contributed by atoms with E-state index in [-0.39, 0.29) is 18.1 Å². The second-order valence-electron chi connectivity index (χ2n) is 7.83. The molecule has 1 fully saturated rings. The Hall–Kier alpha value is -3.59. The number of carbonyl (C=O) groups excluding carboxylic acids is 1. The zero-order valence-corrected chi connectivity index (χ0v) is 16.8. The van der Waals surface area contributed by atoms with E-state index < -0.39 is 5.82 Å². The number of amides is 1. The van der Waals surface area contributed by atoms with Gasteiger partial charge in [0.2, 0.25) is 0 Å². The van der Waals surface area contributed by atoms with Gasteiger partial charge in [-0.3, -0.25) is 19.4 Å². The van der Waals surface area contributed by atoms with E-state index in [1.54, 1.807) is 10.9 Å².